The minimum atomic E-state index is 0.204. The van der Waals surface area contributed by atoms with Crippen LogP contribution in [0.4, 0.5) is 0 Å². The lowest BCUT2D eigenvalue weighted by Gasteiger charge is -2.26. The van der Waals surface area contributed by atoms with Crippen LogP contribution in [0.1, 0.15) is 24.8 Å². The Hall–Kier alpha value is -0.610. The first-order valence-corrected chi connectivity index (χ1v) is 8.44. The summed E-state index contributed by atoms with van der Waals surface area (Å²) in [5, 5.41) is 0.204. The second-order valence-corrected chi connectivity index (χ2v) is 6.82. The van der Waals surface area contributed by atoms with E-state index >= 15 is 0 Å². The normalized spacial score (nSPS) is 19.9. The molecule has 1 amide bonds. The molecule has 1 atom stereocenters. The van der Waals surface area contributed by atoms with Crippen LogP contribution < -0.4 is 0 Å². The molecule has 0 aromatic heterocycles. The zero-order valence-corrected chi connectivity index (χ0v) is 12.7. The lowest BCUT2D eigenvalue weighted by molar-refractivity contribution is -0.128. The van der Waals surface area contributed by atoms with Gasteiger partial charge in [-0.25, -0.2) is 0 Å². The summed E-state index contributed by atoms with van der Waals surface area (Å²) < 4.78 is 0. The largest absolute Gasteiger partial charge is 0.326 e. The minimum absolute atomic E-state index is 0.204. The van der Waals surface area contributed by atoms with Gasteiger partial charge in [0.2, 0.25) is 5.91 Å². The van der Waals surface area contributed by atoms with Crippen LogP contribution >= 0.6 is 23.5 Å². The number of rotatable bonds is 4. The van der Waals surface area contributed by atoms with Crippen LogP contribution in [0.2, 0.25) is 0 Å². The minimum Gasteiger partial charge on any atom is -0.326 e. The molecule has 0 N–H and O–H groups in total. The highest BCUT2D eigenvalue weighted by Gasteiger charge is 2.32. The van der Waals surface area contributed by atoms with Crippen molar-refractivity contribution in [3.8, 4) is 0 Å². The van der Waals surface area contributed by atoms with E-state index in [1.54, 1.807) is 23.5 Å². The van der Waals surface area contributed by atoms with Crippen LogP contribution in [0.3, 0.4) is 0 Å². The quantitative estimate of drug-likeness (QED) is 0.786. The number of amides is 1. The Bertz CT molecular complexity index is 416. The SMILES string of the molecule is CSc1ccc(C2SCC(=O)N2CC(C)C)cc1. The lowest BCUT2D eigenvalue weighted by atomic mass is 10.1. The predicted molar refractivity (Wildman–Crippen MR) is 80.0 cm³/mol. The summed E-state index contributed by atoms with van der Waals surface area (Å²) in [6.45, 7) is 5.16. The molecular formula is C14H19NOS2. The average molecular weight is 281 g/mol. The predicted octanol–water partition coefficient (Wildman–Crippen LogP) is 3.64. The van der Waals surface area contributed by atoms with E-state index in [0.717, 1.165) is 6.54 Å². The van der Waals surface area contributed by atoms with Gasteiger partial charge in [0.05, 0.1) is 5.75 Å². The number of carbonyl (C=O) groups excluding carboxylic acids is 1. The van der Waals surface area contributed by atoms with Gasteiger partial charge in [0.15, 0.2) is 0 Å². The van der Waals surface area contributed by atoms with Crippen molar-refractivity contribution in [3.05, 3.63) is 29.8 Å². The number of thioether (sulfide) groups is 2. The third kappa shape index (κ3) is 3.04. The molecule has 1 saturated heterocycles. The lowest BCUT2D eigenvalue weighted by Crippen LogP contribution is -2.31. The van der Waals surface area contributed by atoms with Gasteiger partial charge >= 0.3 is 0 Å². The van der Waals surface area contributed by atoms with E-state index in [0.29, 0.717) is 11.7 Å². The first-order chi connectivity index (χ1) is 8.61. The summed E-state index contributed by atoms with van der Waals surface area (Å²) in [5.41, 5.74) is 1.24. The first-order valence-electron chi connectivity index (χ1n) is 6.17. The van der Waals surface area contributed by atoms with Crippen LogP contribution in [0.25, 0.3) is 0 Å². The molecule has 1 heterocycles. The zero-order valence-electron chi connectivity index (χ0n) is 11.1. The van der Waals surface area contributed by atoms with Crippen molar-refractivity contribution in [1.29, 1.82) is 0 Å². The smallest absolute Gasteiger partial charge is 0.233 e. The van der Waals surface area contributed by atoms with E-state index < -0.39 is 0 Å². The fourth-order valence-corrected chi connectivity index (χ4v) is 3.70. The molecule has 1 aromatic carbocycles. The average Bonchev–Trinajstić information content (AvgIpc) is 2.71. The Morgan fingerprint density at radius 3 is 2.61 bits per heavy atom. The van der Waals surface area contributed by atoms with Crippen molar-refractivity contribution in [2.75, 3.05) is 18.6 Å². The Labute approximate surface area is 118 Å². The second-order valence-electron chi connectivity index (χ2n) is 4.88. The molecule has 1 fully saturated rings. The standard InChI is InChI=1S/C14H19NOS2/c1-10(2)8-15-13(16)9-18-14(15)11-4-6-12(17-3)7-5-11/h4-7,10,14H,8-9H2,1-3H3. The van der Waals surface area contributed by atoms with Crippen LogP contribution in [-0.4, -0.2) is 29.4 Å². The molecule has 98 valence electrons. The van der Waals surface area contributed by atoms with Crippen molar-refractivity contribution < 1.29 is 4.79 Å². The van der Waals surface area contributed by atoms with Crippen molar-refractivity contribution in [1.82, 2.24) is 4.90 Å². The monoisotopic (exact) mass is 281 g/mol. The zero-order chi connectivity index (χ0) is 13.1. The Balaban J connectivity index is 2.17. The van der Waals surface area contributed by atoms with E-state index in [1.807, 2.05) is 4.90 Å². The summed E-state index contributed by atoms with van der Waals surface area (Å²) in [5.74, 6) is 1.40. The maximum absolute atomic E-state index is 11.9. The van der Waals surface area contributed by atoms with E-state index in [1.165, 1.54) is 10.5 Å². The maximum Gasteiger partial charge on any atom is 0.233 e. The van der Waals surface area contributed by atoms with Crippen LogP contribution in [0.15, 0.2) is 29.2 Å². The molecule has 1 unspecified atom stereocenters. The number of carbonyl (C=O) groups is 1. The van der Waals surface area contributed by atoms with Crippen molar-refractivity contribution in [2.24, 2.45) is 5.92 Å². The fraction of sp³-hybridized carbons (Fsp3) is 0.500. The summed E-state index contributed by atoms with van der Waals surface area (Å²) in [7, 11) is 0. The molecule has 1 aliphatic heterocycles. The third-order valence-corrected chi connectivity index (χ3v) is 4.93. The first kappa shape index (κ1) is 13.8. The Kier molecular flexibility index (Phi) is 4.62. The number of hydrogen-bond donors (Lipinski definition) is 0. The highest BCUT2D eigenvalue weighted by Crippen LogP contribution is 2.39. The molecule has 2 nitrogen and oxygen atoms in total. The van der Waals surface area contributed by atoms with Crippen LogP contribution in [0, 0.1) is 5.92 Å². The van der Waals surface area contributed by atoms with Gasteiger partial charge in [-0.2, -0.15) is 0 Å². The topological polar surface area (TPSA) is 20.3 Å². The van der Waals surface area contributed by atoms with Gasteiger partial charge in [-0.05, 0) is 29.9 Å². The Morgan fingerprint density at radius 2 is 2.06 bits per heavy atom. The maximum atomic E-state index is 11.9. The molecule has 1 aromatic rings. The number of hydrogen-bond acceptors (Lipinski definition) is 3. The van der Waals surface area contributed by atoms with Crippen LogP contribution in [-0.2, 0) is 4.79 Å². The second kappa shape index (κ2) is 6.02. The van der Waals surface area contributed by atoms with Gasteiger partial charge in [0.25, 0.3) is 0 Å². The highest BCUT2D eigenvalue weighted by molar-refractivity contribution is 8.00. The molecule has 0 radical (unpaired) electrons. The molecule has 2 rings (SSSR count). The van der Waals surface area contributed by atoms with Crippen molar-refractivity contribution in [3.63, 3.8) is 0 Å². The summed E-state index contributed by atoms with van der Waals surface area (Å²) >= 11 is 3.48. The van der Waals surface area contributed by atoms with Gasteiger partial charge in [0.1, 0.15) is 5.37 Å². The molecule has 0 aliphatic carbocycles. The molecule has 0 spiro atoms. The highest BCUT2D eigenvalue weighted by atomic mass is 32.2. The van der Waals surface area contributed by atoms with E-state index in [9.17, 15) is 4.79 Å². The van der Waals surface area contributed by atoms with Gasteiger partial charge in [-0.3, -0.25) is 4.79 Å². The van der Waals surface area contributed by atoms with E-state index in [2.05, 4.69) is 44.4 Å². The number of nitrogens with zero attached hydrogens (tertiary/aromatic N) is 1. The van der Waals surface area contributed by atoms with E-state index in [4.69, 9.17) is 0 Å². The summed E-state index contributed by atoms with van der Waals surface area (Å²) in [6, 6.07) is 8.57. The molecule has 0 saturated carbocycles. The van der Waals surface area contributed by atoms with Crippen molar-refractivity contribution >= 4 is 29.4 Å². The summed E-state index contributed by atoms with van der Waals surface area (Å²) in [6.07, 6.45) is 2.08. The van der Waals surface area contributed by atoms with Gasteiger partial charge in [-0.15, -0.1) is 23.5 Å². The molecule has 0 bridgehead atoms. The molecule has 4 heteroatoms. The van der Waals surface area contributed by atoms with E-state index in [-0.39, 0.29) is 11.3 Å². The van der Waals surface area contributed by atoms with Crippen LogP contribution in [0.5, 0.6) is 0 Å². The fourth-order valence-electron chi connectivity index (χ4n) is 2.09. The van der Waals surface area contributed by atoms with Gasteiger partial charge in [0, 0.05) is 11.4 Å². The number of benzene rings is 1. The summed E-state index contributed by atoms with van der Waals surface area (Å²) in [4.78, 5) is 15.2. The van der Waals surface area contributed by atoms with Gasteiger partial charge in [-0.1, -0.05) is 26.0 Å². The Morgan fingerprint density at radius 1 is 1.39 bits per heavy atom. The van der Waals surface area contributed by atoms with Crippen molar-refractivity contribution in [2.45, 2.75) is 24.1 Å². The molecular weight excluding hydrogens is 262 g/mol. The molecule has 18 heavy (non-hydrogen) atoms. The third-order valence-electron chi connectivity index (χ3n) is 2.93. The molecule has 1 aliphatic rings. The van der Waals surface area contributed by atoms with Gasteiger partial charge < -0.3 is 4.90 Å².